The van der Waals surface area contributed by atoms with Gasteiger partial charge in [-0.2, -0.15) is 0 Å². The Labute approximate surface area is 110 Å². The van der Waals surface area contributed by atoms with E-state index in [4.69, 9.17) is 0 Å². The third-order valence-electron chi connectivity index (χ3n) is 4.72. The van der Waals surface area contributed by atoms with Gasteiger partial charge in [0.25, 0.3) is 0 Å². The van der Waals surface area contributed by atoms with Crippen molar-refractivity contribution < 1.29 is 5.11 Å². The fraction of sp³-hybridized carbons (Fsp3) is 0.750. The molecule has 2 nitrogen and oxygen atoms in total. The minimum atomic E-state index is -0.213. The molecule has 0 spiro atoms. The first kappa shape index (κ1) is 12.3. The van der Waals surface area contributed by atoms with Crippen LogP contribution in [0, 0.1) is 5.92 Å². The molecule has 18 heavy (non-hydrogen) atoms. The Balaban J connectivity index is 1.71. The molecule has 0 bridgehead atoms. The van der Waals surface area contributed by atoms with Crippen LogP contribution in [-0.4, -0.2) is 9.67 Å². The second-order valence-corrected chi connectivity index (χ2v) is 6.20. The first-order valence-corrected chi connectivity index (χ1v) is 7.69. The molecule has 1 atom stereocenters. The van der Waals surface area contributed by atoms with E-state index in [1.165, 1.54) is 62.6 Å². The average Bonchev–Trinajstić information content (AvgIpc) is 2.71. The van der Waals surface area contributed by atoms with Crippen LogP contribution in [0.3, 0.4) is 0 Å². The minimum absolute atomic E-state index is 0.213. The number of aliphatic hydroxyl groups is 1. The second-order valence-electron chi connectivity index (χ2n) is 6.20. The topological polar surface area (TPSA) is 25.2 Å². The summed E-state index contributed by atoms with van der Waals surface area (Å²) in [6.07, 6.45) is 15.9. The molecule has 1 fully saturated rings. The Kier molecular flexibility index (Phi) is 3.74. The van der Waals surface area contributed by atoms with Crippen LogP contribution in [-0.2, 0) is 13.0 Å². The van der Waals surface area contributed by atoms with Gasteiger partial charge in [0.2, 0.25) is 0 Å². The number of hydrogen-bond acceptors (Lipinski definition) is 1. The molecule has 1 aromatic heterocycles. The molecule has 0 aliphatic heterocycles. The fourth-order valence-electron chi connectivity index (χ4n) is 3.66. The molecule has 0 amide bonds. The molecule has 100 valence electrons. The maximum atomic E-state index is 10.1. The Hall–Kier alpha value is -0.760. The standard InChI is InChI=1S/C16H25NO/c18-16-9-5-4-8-14-11-17(12-15(14)16)10-13-6-2-1-3-7-13/h11-13,16,18H,1-10H2. The highest BCUT2D eigenvalue weighted by molar-refractivity contribution is 5.28. The van der Waals surface area contributed by atoms with Gasteiger partial charge in [0.1, 0.15) is 0 Å². The van der Waals surface area contributed by atoms with Crippen LogP contribution in [0.5, 0.6) is 0 Å². The molecule has 2 heteroatoms. The number of hydrogen-bond donors (Lipinski definition) is 1. The third kappa shape index (κ3) is 2.64. The van der Waals surface area contributed by atoms with Crippen LogP contribution in [0.2, 0.25) is 0 Å². The van der Waals surface area contributed by atoms with Gasteiger partial charge in [-0.05, 0) is 43.6 Å². The smallest absolute Gasteiger partial charge is 0.0807 e. The van der Waals surface area contributed by atoms with Crippen molar-refractivity contribution in [1.82, 2.24) is 4.57 Å². The predicted molar refractivity (Wildman–Crippen MR) is 73.5 cm³/mol. The normalized spacial score (nSPS) is 25.7. The van der Waals surface area contributed by atoms with E-state index in [0.29, 0.717) is 0 Å². The van der Waals surface area contributed by atoms with Gasteiger partial charge in [-0.3, -0.25) is 0 Å². The van der Waals surface area contributed by atoms with E-state index in [-0.39, 0.29) is 6.10 Å². The Morgan fingerprint density at radius 2 is 1.78 bits per heavy atom. The molecule has 3 rings (SSSR count). The van der Waals surface area contributed by atoms with Crippen LogP contribution in [0.4, 0.5) is 0 Å². The number of fused-ring (bicyclic) bond motifs is 1. The SMILES string of the molecule is OC1CCCCc2cn(CC3CCCCC3)cc21. The number of aromatic nitrogens is 1. The molecule has 1 heterocycles. The lowest BCUT2D eigenvalue weighted by atomic mass is 9.89. The maximum Gasteiger partial charge on any atom is 0.0807 e. The second kappa shape index (κ2) is 5.48. The first-order chi connectivity index (χ1) is 8.83. The molecule has 1 saturated carbocycles. The highest BCUT2D eigenvalue weighted by atomic mass is 16.3. The number of aryl methyl sites for hydroxylation is 1. The van der Waals surface area contributed by atoms with E-state index in [9.17, 15) is 5.11 Å². The molecule has 1 unspecified atom stereocenters. The average molecular weight is 247 g/mol. The Bertz CT molecular complexity index is 390. The third-order valence-corrected chi connectivity index (χ3v) is 4.72. The zero-order valence-electron chi connectivity index (χ0n) is 11.3. The molecular weight excluding hydrogens is 222 g/mol. The van der Waals surface area contributed by atoms with Gasteiger partial charge in [-0.25, -0.2) is 0 Å². The van der Waals surface area contributed by atoms with Crippen LogP contribution in [0.1, 0.15) is 68.6 Å². The summed E-state index contributed by atoms with van der Waals surface area (Å²) in [6, 6.07) is 0. The number of rotatable bonds is 2. The van der Waals surface area contributed by atoms with Crippen molar-refractivity contribution in [3.63, 3.8) is 0 Å². The zero-order chi connectivity index (χ0) is 12.4. The highest BCUT2D eigenvalue weighted by Crippen LogP contribution is 2.31. The van der Waals surface area contributed by atoms with Crippen LogP contribution >= 0.6 is 0 Å². The van der Waals surface area contributed by atoms with Crippen molar-refractivity contribution in [2.45, 2.75) is 70.4 Å². The van der Waals surface area contributed by atoms with Gasteiger partial charge in [-0.15, -0.1) is 0 Å². The fourth-order valence-corrected chi connectivity index (χ4v) is 3.66. The molecule has 0 aromatic carbocycles. The van der Waals surface area contributed by atoms with E-state index in [1.54, 1.807) is 0 Å². The van der Waals surface area contributed by atoms with Crippen molar-refractivity contribution >= 4 is 0 Å². The lowest BCUT2D eigenvalue weighted by molar-refractivity contribution is 0.166. The summed E-state index contributed by atoms with van der Waals surface area (Å²) in [4.78, 5) is 0. The van der Waals surface area contributed by atoms with E-state index in [1.807, 2.05) is 0 Å². The largest absolute Gasteiger partial charge is 0.388 e. The van der Waals surface area contributed by atoms with Crippen molar-refractivity contribution in [3.05, 3.63) is 23.5 Å². The lowest BCUT2D eigenvalue weighted by Crippen LogP contribution is -2.13. The summed E-state index contributed by atoms with van der Waals surface area (Å²) in [5.41, 5.74) is 2.61. The van der Waals surface area contributed by atoms with E-state index in [0.717, 1.165) is 18.8 Å². The lowest BCUT2D eigenvalue weighted by Gasteiger charge is -2.22. The van der Waals surface area contributed by atoms with E-state index in [2.05, 4.69) is 17.0 Å². The molecule has 1 N–H and O–H groups in total. The van der Waals surface area contributed by atoms with Gasteiger partial charge >= 0.3 is 0 Å². The maximum absolute atomic E-state index is 10.1. The van der Waals surface area contributed by atoms with Gasteiger partial charge in [0.15, 0.2) is 0 Å². The summed E-state index contributed by atoms with van der Waals surface area (Å²) in [5, 5.41) is 10.1. The monoisotopic (exact) mass is 247 g/mol. The zero-order valence-corrected chi connectivity index (χ0v) is 11.3. The van der Waals surface area contributed by atoms with Gasteiger partial charge in [-0.1, -0.05) is 25.7 Å². The van der Waals surface area contributed by atoms with Crippen molar-refractivity contribution in [2.75, 3.05) is 0 Å². The van der Waals surface area contributed by atoms with E-state index >= 15 is 0 Å². The molecule has 0 saturated heterocycles. The number of nitrogens with zero attached hydrogens (tertiary/aromatic N) is 1. The first-order valence-electron chi connectivity index (χ1n) is 7.69. The molecule has 2 aliphatic rings. The van der Waals surface area contributed by atoms with Crippen molar-refractivity contribution in [3.8, 4) is 0 Å². The highest BCUT2D eigenvalue weighted by Gasteiger charge is 2.20. The summed E-state index contributed by atoms with van der Waals surface area (Å²) in [6.45, 7) is 1.17. The van der Waals surface area contributed by atoms with Crippen molar-refractivity contribution in [2.24, 2.45) is 5.92 Å². The summed E-state index contributed by atoms with van der Waals surface area (Å²) >= 11 is 0. The van der Waals surface area contributed by atoms with E-state index < -0.39 is 0 Å². The van der Waals surface area contributed by atoms with Gasteiger partial charge in [0.05, 0.1) is 6.10 Å². The Morgan fingerprint density at radius 3 is 2.61 bits per heavy atom. The summed E-state index contributed by atoms with van der Waals surface area (Å²) in [5.74, 6) is 0.868. The van der Waals surface area contributed by atoms with Crippen LogP contribution in [0.25, 0.3) is 0 Å². The molecule has 2 aliphatic carbocycles. The van der Waals surface area contributed by atoms with Gasteiger partial charge < -0.3 is 9.67 Å². The summed E-state index contributed by atoms with van der Waals surface area (Å²) < 4.78 is 2.36. The van der Waals surface area contributed by atoms with Crippen LogP contribution < -0.4 is 0 Å². The van der Waals surface area contributed by atoms with Crippen molar-refractivity contribution in [1.29, 1.82) is 0 Å². The predicted octanol–water partition coefficient (Wildman–Crippen LogP) is 3.83. The molecular formula is C16H25NO. The quantitative estimate of drug-likeness (QED) is 0.789. The molecule has 0 radical (unpaired) electrons. The summed E-state index contributed by atoms with van der Waals surface area (Å²) in [7, 11) is 0. The molecule has 1 aromatic rings. The minimum Gasteiger partial charge on any atom is -0.388 e. The number of aliphatic hydroxyl groups excluding tert-OH is 1. The Morgan fingerprint density at radius 1 is 1.00 bits per heavy atom. The van der Waals surface area contributed by atoms with Crippen LogP contribution in [0.15, 0.2) is 12.4 Å². The van der Waals surface area contributed by atoms with Gasteiger partial charge in [0, 0.05) is 24.5 Å².